The largest absolute Gasteiger partial charge is 0.325 e. The highest BCUT2D eigenvalue weighted by Crippen LogP contribution is 2.32. The van der Waals surface area contributed by atoms with Gasteiger partial charge in [-0.1, -0.05) is 23.8 Å². The predicted octanol–water partition coefficient (Wildman–Crippen LogP) is 4.11. The van der Waals surface area contributed by atoms with Crippen LogP contribution in [0, 0.1) is 20.8 Å². The van der Waals surface area contributed by atoms with E-state index < -0.39 is 17.5 Å². The Bertz CT molecular complexity index is 1150. The normalized spacial score (nSPS) is 18.7. The lowest BCUT2D eigenvalue weighted by molar-refractivity contribution is -0.130. The molecule has 0 saturated carbocycles. The highest BCUT2D eigenvalue weighted by Gasteiger charge is 2.50. The van der Waals surface area contributed by atoms with Crippen molar-refractivity contribution in [2.75, 3.05) is 6.54 Å². The van der Waals surface area contributed by atoms with Gasteiger partial charge in [-0.2, -0.15) is 0 Å². The van der Waals surface area contributed by atoms with E-state index in [1.807, 2.05) is 73.2 Å². The molecule has 3 amide bonds. The number of nitrogens with zero attached hydrogens (tertiary/aromatic N) is 2. The summed E-state index contributed by atoms with van der Waals surface area (Å²) >= 11 is 1.40. The maximum atomic E-state index is 13.1. The maximum Gasteiger partial charge on any atom is 0.325 e. The van der Waals surface area contributed by atoms with Gasteiger partial charge >= 0.3 is 6.03 Å². The molecular weight excluding hydrogens is 398 g/mol. The van der Waals surface area contributed by atoms with Gasteiger partial charge in [0.05, 0.1) is 6.54 Å². The summed E-state index contributed by atoms with van der Waals surface area (Å²) in [5, 5.41) is 4.60. The van der Waals surface area contributed by atoms with Gasteiger partial charge in [-0.15, -0.1) is 11.3 Å². The topological polar surface area (TPSA) is 71.4 Å². The number of carbonyl (C=O) groups excluding carboxylic acids is 3. The fraction of sp³-hybridized carbons (Fsp3) is 0.261. The Morgan fingerprint density at radius 1 is 1.10 bits per heavy atom. The number of ketones is 1. The third kappa shape index (κ3) is 3.15. The first-order chi connectivity index (χ1) is 14.2. The third-order valence-corrected chi connectivity index (χ3v) is 6.71. The number of benzene rings is 1. The summed E-state index contributed by atoms with van der Waals surface area (Å²) in [5.41, 5.74) is 3.21. The fourth-order valence-corrected chi connectivity index (χ4v) is 4.77. The predicted molar refractivity (Wildman–Crippen MR) is 116 cm³/mol. The quantitative estimate of drug-likeness (QED) is 0.498. The molecule has 7 heteroatoms. The first-order valence-corrected chi connectivity index (χ1v) is 10.6. The van der Waals surface area contributed by atoms with Gasteiger partial charge in [-0.3, -0.25) is 14.5 Å². The summed E-state index contributed by atoms with van der Waals surface area (Å²) in [6.07, 6.45) is 0. The Labute approximate surface area is 179 Å². The van der Waals surface area contributed by atoms with E-state index >= 15 is 0 Å². The monoisotopic (exact) mass is 421 g/mol. The van der Waals surface area contributed by atoms with Gasteiger partial charge in [-0.25, -0.2) is 4.79 Å². The van der Waals surface area contributed by atoms with Crippen molar-refractivity contribution in [3.8, 4) is 5.69 Å². The standard InChI is InChI=1S/C23H23N3O3S/c1-14-7-9-17(10-8-14)26-15(2)12-18(16(26)3)19(27)13-25-21(28)23(4,24-22(25)29)20-6-5-11-30-20/h5-12H,13H2,1-4H3,(H,24,29). The number of carbonyl (C=O) groups is 3. The van der Waals surface area contributed by atoms with Gasteiger partial charge < -0.3 is 9.88 Å². The van der Waals surface area contributed by atoms with Crippen molar-refractivity contribution in [1.29, 1.82) is 0 Å². The van der Waals surface area contributed by atoms with Crippen LogP contribution in [0.3, 0.4) is 0 Å². The maximum absolute atomic E-state index is 13.1. The van der Waals surface area contributed by atoms with E-state index in [9.17, 15) is 14.4 Å². The van der Waals surface area contributed by atoms with Crippen LogP contribution in [-0.2, 0) is 10.3 Å². The Morgan fingerprint density at radius 3 is 2.43 bits per heavy atom. The highest BCUT2D eigenvalue weighted by molar-refractivity contribution is 7.10. The van der Waals surface area contributed by atoms with Gasteiger partial charge in [0.2, 0.25) is 0 Å². The minimum atomic E-state index is -1.13. The molecule has 0 spiro atoms. The van der Waals surface area contributed by atoms with Crippen LogP contribution in [0.15, 0.2) is 47.8 Å². The highest BCUT2D eigenvalue weighted by atomic mass is 32.1. The second-order valence-corrected chi connectivity index (χ2v) is 8.75. The summed E-state index contributed by atoms with van der Waals surface area (Å²) < 4.78 is 2.01. The average molecular weight is 422 g/mol. The van der Waals surface area contributed by atoms with E-state index in [0.717, 1.165) is 32.4 Å². The average Bonchev–Trinajstić information content (AvgIpc) is 3.39. The number of rotatable bonds is 5. The molecule has 6 nitrogen and oxygen atoms in total. The SMILES string of the molecule is Cc1ccc(-n2c(C)cc(C(=O)CN3C(=O)NC(C)(c4cccs4)C3=O)c2C)cc1. The van der Waals surface area contributed by atoms with E-state index in [1.54, 1.807) is 6.92 Å². The number of thiophene rings is 1. The van der Waals surface area contributed by atoms with E-state index in [1.165, 1.54) is 11.3 Å². The second-order valence-electron chi connectivity index (χ2n) is 7.80. The minimum absolute atomic E-state index is 0.264. The summed E-state index contributed by atoms with van der Waals surface area (Å²) in [5.74, 6) is -0.670. The molecule has 4 rings (SSSR count). The van der Waals surface area contributed by atoms with Gasteiger partial charge in [0.15, 0.2) is 11.3 Å². The molecule has 3 aromatic rings. The molecule has 2 aromatic heterocycles. The zero-order valence-corrected chi connectivity index (χ0v) is 18.2. The number of hydrogen-bond acceptors (Lipinski definition) is 4. The van der Waals surface area contributed by atoms with Gasteiger partial charge in [0, 0.05) is 27.5 Å². The number of nitrogens with one attached hydrogen (secondary N) is 1. The van der Waals surface area contributed by atoms with E-state index in [0.29, 0.717) is 5.56 Å². The van der Waals surface area contributed by atoms with Crippen molar-refractivity contribution < 1.29 is 14.4 Å². The molecule has 1 N–H and O–H groups in total. The van der Waals surface area contributed by atoms with Gasteiger partial charge in [0.1, 0.15) is 0 Å². The second kappa shape index (κ2) is 7.25. The molecule has 30 heavy (non-hydrogen) atoms. The van der Waals surface area contributed by atoms with Crippen LogP contribution < -0.4 is 5.32 Å². The van der Waals surface area contributed by atoms with Crippen molar-refractivity contribution >= 4 is 29.1 Å². The van der Waals surface area contributed by atoms with Crippen molar-refractivity contribution in [2.45, 2.75) is 33.2 Å². The smallest absolute Gasteiger partial charge is 0.319 e. The summed E-state index contributed by atoms with van der Waals surface area (Å²) in [4.78, 5) is 40.4. The molecule has 154 valence electrons. The number of amides is 3. The molecule has 1 aliphatic heterocycles. The zero-order valence-electron chi connectivity index (χ0n) is 17.4. The molecule has 1 unspecified atom stereocenters. The number of urea groups is 1. The van der Waals surface area contributed by atoms with Crippen molar-refractivity contribution in [3.05, 3.63) is 75.2 Å². The first kappa shape index (κ1) is 20.1. The molecule has 1 saturated heterocycles. The number of imide groups is 1. The molecule has 1 atom stereocenters. The number of aryl methyl sites for hydroxylation is 2. The Hall–Kier alpha value is -3.19. The lowest BCUT2D eigenvalue weighted by Crippen LogP contribution is -2.40. The zero-order chi connectivity index (χ0) is 21.6. The molecule has 1 aromatic carbocycles. The third-order valence-electron chi connectivity index (χ3n) is 5.61. The van der Waals surface area contributed by atoms with Crippen LogP contribution in [0.1, 0.15) is 39.1 Å². The minimum Gasteiger partial charge on any atom is -0.319 e. The Balaban J connectivity index is 1.61. The lowest BCUT2D eigenvalue weighted by Gasteiger charge is -2.19. The van der Waals surface area contributed by atoms with Crippen LogP contribution in [0.4, 0.5) is 4.79 Å². The van der Waals surface area contributed by atoms with Crippen LogP contribution in [-0.4, -0.2) is 33.7 Å². The van der Waals surface area contributed by atoms with E-state index in [-0.39, 0.29) is 12.3 Å². The van der Waals surface area contributed by atoms with Crippen molar-refractivity contribution in [2.24, 2.45) is 0 Å². The molecule has 1 aliphatic rings. The molecule has 0 radical (unpaired) electrons. The van der Waals surface area contributed by atoms with E-state index in [4.69, 9.17) is 0 Å². The summed E-state index contributed by atoms with van der Waals surface area (Å²) in [6, 6.07) is 13.0. The molecule has 1 fully saturated rings. The lowest BCUT2D eigenvalue weighted by atomic mass is 10.0. The number of aromatic nitrogens is 1. The van der Waals surface area contributed by atoms with Crippen LogP contribution in [0.5, 0.6) is 0 Å². The Morgan fingerprint density at radius 2 is 1.80 bits per heavy atom. The van der Waals surface area contributed by atoms with Crippen molar-refractivity contribution in [1.82, 2.24) is 14.8 Å². The summed E-state index contributed by atoms with van der Waals surface area (Å²) in [7, 11) is 0. The Kier molecular flexibility index (Phi) is 4.86. The molecular formula is C23H23N3O3S. The summed E-state index contributed by atoms with van der Waals surface area (Å²) in [6.45, 7) is 7.22. The molecule has 0 bridgehead atoms. The number of Topliss-reactive ketones (excluding diaryl/α,β-unsaturated/α-hetero) is 1. The van der Waals surface area contributed by atoms with Gasteiger partial charge in [-0.05, 0) is 57.3 Å². The molecule has 3 heterocycles. The van der Waals surface area contributed by atoms with Gasteiger partial charge in [0.25, 0.3) is 5.91 Å². The van der Waals surface area contributed by atoms with E-state index in [2.05, 4.69) is 5.32 Å². The number of hydrogen-bond donors (Lipinski definition) is 1. The molecule has 0 aliphatic carbocycles. The fourth-order valence-electron chi connectivity index (χ4n) is 3.94. The first-order valence-electron chi connectivity index (χ1n) is 9.69. The van der Waals surface area contributed by atoms with Crippen LogP contribution >= 0.6 is 11.3 Å². The van der Waals surface area contributed by atoms with Crippen molar-refractivity contribution in [3.63, 3.8) is 0 Å². The van der Waals surface area contributed by atoms with Crippen LogP contribution in [0.25, 0.3) is 5.69 Å². The van der Waals surface area contributed by atoms with Crippen LogP contribution in [0.2, 0.25) is 0 Å².